The number of carbonyl (C=O) groups is 2. The smallest absolute Gasteiger partial charge is 0.295 e. The molecule has 0 saturated carbocycles. The average molecular weight is 448 g/mol. The van der Waals surface area contributed by atoms with Gasteiger partial charge in [0.1, 0.15) is 11.5 Å². The van der Waals surface area contributed by atoms with Crippen LogP contribution in [0.25, 0.3) is 5.76 Å². The lowest BCUT2D eigenvalue weighted by atomic mass is 9.95. The zero-order valence-corrected chi connectivity index (χ0v) is 18.5. The molecule has 1 atom stereocenters. The molecule has 0 bridgehead atoms. The molecule has 1 N–H and O–H groups in total. The Kier molecular flexibility index (Phi) is 6.74. The molecule has 1 unspecified atom stereocenters. The minimum absolute atomic E-state index is 0.0125. The zero-order chi connectivity index (χ0) is 22.0. The number of hydrogen-bond donors (Lipinski definition) is 1. The predicted octanol–water partition coefficient (Wildman–Crippen LogP) is 5.61. The predicted molar refractivity (Wildman–Crippen MR) is 118 cm³/mol. The summed E-state index contributed by atoms with van der Waals surface area (Å²) in [7, 11) is 0. The fourth-order valence-electron chi connectivity index (χ4n) is 3.50. The van der Waals surface area contributed by atoms with Gasteiger partial charge in [-0.25, -0.2) is 0 Å². The maximum absolute atomic E-state index is 12.9. The van der Waals surface area contributed by atoms with Crippen molar-refractivity contribution >= 4 is 40.7 Å². The van der Waals surface area contributed by atoms with Crippen molar-refractivity contribution in [3.05, 3.63) is 69.2 Å². The van der Waals surface area contributed by atoms with Crippen LogP contribution in [0, 0.1) is 0 Å². The van der Waals surface area contributed by atoms with Crippen molar-refractivity contribution in [3.8, 4) is 5.75 Å². The molecule has 2 aromatic carbocycles. The van der Waals surface area contributed by atoms with Crippen molar-refractivity contribution < 1.29 is 19.4 Å². The summed E-state index contributed by atoms with van der Waals surface area (Å²) < 4.78 is 5.62. The Bertz CT molecular complexity index is 999. The molecule has 0 aromatic heterocycles. The normalized spacial score (nSPS) is 18.3. The Morgan fingerprint density at radius 3 is 2.33 bits per heavy atom. The summed E-state index contributed by atoms with van der Waals surface area (Å²) in [5.41, 5.74) is 1.06. The number of amides is 1. The van der Waals surface area contributed by atoms with Crippen LogP contribution in [0.2, 0.25) is 10.0 Å². The van der Waals surface area contributed by atoms with Gasteiger partial charge in [0.05, 0.1) is 27.8 Å². The number of likely N-dealkylation sites (tertiary alicyclic amines) is 1. The molecular weight excluding hydrogens is 425 g/mol. The number of halogens is 2. The third-order valence-electron chi connectivity index (χ3n) is 4.76. The molecule has 1 fully saturated rings. The van der Waals surface area contributed by atoms with Gasteiger partial charge >= 0.3 is 0 Å². The van der Waals surface area contributed by atoms with Crippen molar-refractivity contribution in [2.75, 3.05) is 6.54 Å². The second-order valence-corrected chi connectivity index (χ2v) is 8.17. The van der Waals surface area contributed by atoms with E-state index in [1.54, 1.807) is 42.5 Å². The third kappa shape index (κ3) is 4.32. The maximum Gasteiger partial charge on any atom is 0.295 e. The summed E-state index contributed by atoms with van der Waals surface area (Å²) in [6, 6.07) is 10.9. The van der Waals surface area contributed by atoms with Gasteiger partial charge in [-0.05, 0) is 62.2 Å². The molecular formula is C23H23Cl2NO4. The lowest BCUT2D eigenvalue weighted by molar-refractivity contribution is -0.139. The Hall–Kier alpha value is -2.50. The van der Waals surface area contributed by atoms with Gasteiger partial charge in [0.2, 0.25) is 0 Å². The molecule has 1 amide bonds. The van der Waals surface area contributed by atoms with Crippen LogP contribution in [0.4, 0.5) is 0 Å². The van der Waals surface area contributed by atoms with Crippen molar-refractivity contribution in [2.24, 2.45) is 0 Å². The fraction of sp³-hybridized carbons (Fsp3) is 0.304. The van der Waals surface area contributed by atoms with Crippen molar-refractivity contribution in [2.45, 2.75) is 39.3 Å². The fourth-order valence-corrected chi connectivity index (χ4v) is 3.81. The Balaban J connectivity index is 2.11. The van der Waals surface area contributed by atoms with E-state index in [2.05, 4.69) is 0 Å². The van der Waals surface area contributed by atoms with Gasteiger partial charge in [0.15, 0.2) is 0 Å². The maximum atomic E-state index is 12.9. The molecule has 1 heterocycles. The van der Waals surface area contributed by atoms with E-state index >= 15 is 0 Å². The Morgan fingerprint density at radius 1 is 1.10 bits per heavy atom. The number of aliphatic hydroxyl groups is 1. The summed E-state index contributed by atoms with van der Waals surface area (Å²) >= 11 is 12.2. The average Bonchev–Trinajstić information content (AvgIpc) is 2.95. The molecule has 1 saturated heterocycles. The van der Waals surface area contributed by atoms with Gasteiger partial charge in [0, 0.05) is 12.1 Å². The number of ketones is 1. The molecule has 0 aliphatic carbocycles. The van der Waals surface area contributed by atoms with Crippen LogP contribution in [-0.2, 0) is 9.59 Å². The number of hydrogen-bond acceptors (Lipinski definition) is 4. The molecule has 7 heteroatoms. The SMILES string of the molecule is CCCN1C(=O)C(=O)/C(=C(\O)c2ccc(OC(C)C)cc2)C1c1ccc(Cl)c(Cl)c1. The van der Waals surface area contributed by atoms with E-state index in [0.717, 1.165) is 0 Å². The van der Waals surface area contributed by atoms with Gasteiger partial charge in [0.25, 0.3) is 11.7 Å². The van der Waals surface area contributed by atoms with Crippen LogP contribution in [0.15, 0.2) is 48.0 Å². The van der Waals surface area contributed by atoms with Crippen LogP contribution < -0.4 is 4.74 Å². The Morgan fingerprint density at radius 2 is 1.77 bits per heavy atom. The largest absolute Gasteiger partial charge is 0.507 e. The van der Waals surface area contributed by atoms with E-state index < -0.39 is 17.7 Å². The van der Waals surface area contributed by atoms with Crippen molar-refractivity contribution in [1.29, 1.82) is 0 Å². The van der Waals surface area contributed by atoms with E-state index in [1.165, 1.54) is 4.90 Å². The molecule has 1 aliphatic rings. The van der Waals surface area contributed by atoms with Crippen LogP contribution in [-0.4, -0.2) is 34.3 Å². The summed E-state index contributed by atoms with van der Waals surface area (Å²) in [5, 5.41) is 11.7. The quantitative estimate of drug-likeness (QED) is 0.354. The van der Waals surface area contributed by atoms with Gasteiger partial charge in [-0.3, -0.25) is 9.59 Å². The molecule has 0 radical (unpaired) electrons. The van der Waals surface area contributed by atoms with E-state index in [0.29, 0.717) is 39.9 Å². The summed E-state index contributed by atoms with van der Waals surface area (Å²) in [6.07, 6.45) is 0.671. The summed E-state index contributed by atoms with van der Waals surface area (Å²) in [5.74, 6) is -0.957. The summed E-state index contributed by atoms with van der Waals surface area (Å²) in [6.45, 7) is 6.12. The Labute approximate surface area is 185 Å². The second kappa shape index (κ2) is 9.11. The number of benzene rings is 2. The monoisotopic (exact) mass is 447 g/mol. The van der Waals surface area contributed by atoms with E-state index in [-0.39, 0.29) is 17.4 Å². The van der Waals surface area contributed by atoms with Gasteiger partial charge in [-0.2, -0.15) is 0 Å². The minimum Gasteiger partial charge on any atom is -0.507 e. The van der Waals surface area contributed by atoms with Gasteiger partial charge in [-0.1, -0.05) is 36.2 Å². The molecule has 2 aromatic rings. The number of ether oxygens (including phenoxy) is 1. The van der Waals surface area contributed by atoms with E-state index in [1.807, 2.05) is 20.8 Å². The number of rotatable bonds is 6. The highest BCUT2D eigenvalue weighted by atomic mass is 35.5. The lowest BCUT2D eigenvalue weighted by Crippen LogP contribution is -2.30. The molecule has 5 nitrogen and oxygen atoms in total. The van der Waals surface area contributed by atoms with Crippen LogP contribution in [0.5, 0.6) is 5.75 Å². The van der Waals surface area contributed by atoms with Crippen LogP contribution >= 0.6 is 23.2 Å². The number of Topliss-reactive ketones (excluding diaryl/α,β-unsaturated/α-hetero) is 1. The third-order valence-corrected chi connectivity index (χ3v) is 5.50. The minimum atomic E-state index is -0.744. The van der Waals surface area contributed by atoms with Crippen LogP contribution in [0.3, 0.4) is 0 Å². The topological polar surface area (TPSA) is 66.8 Å². The zero-order valence-electron chi connectivity index (χ0n) is 17.0. The lowest BCUT2D eigenvalue weighted by Gasteiger charge is -2.25. The molecule has 158 valence electrons. The first-order chi connectivity index (χ1) is 14.2. The van der Waals surface area contributed by atoms with Gasteiger partial charge < -0.3 is 14.7 Å². The summed E-state index contributed by atoms with van der Waals surface area (Å²) in [4.78, 5) is 27.0. The van der Waals surface area contributed by atoms with Gasteiger partial charge in [-0.15, -0.1) is 0 Å². The first kappa shape index (κ1) is 22.2. The van der Waals surface area contributed by atoms with E-state index in [9.17, 15) is 14.7 Å². The van der Waals surface area contributed by atoms with Crippen molar-refractivity contribution in [1.82, 2.24) is 4.90 Å². The number of carbonyl (C=O) groups excluding carboxylic acids is 2. The molecule has 0 spiro atoms. The second-order valence-electron chi connectivity index (χ2n) is 7.36. The first-order valence-corrected chi connectivity index (χ1v) is 10.5. The molecule has 1 aliphatic heterocycles. The highest BCUT2D eigenvalue weighted by Crippen LogP contribution is 2.41. The number of nitrogens with zero attached hydrogens (tertiary/aromatic N) is 1. The molecule has 3 rings (SSSR count). The van der Waals surface area contributed by atoms with Crippen molar-refractivity contribution in [3.63, 3.8) is 0 Å². The first-order valence-electron chi connectivity index (χ1n) is 9.75. The highest BCUT2D eigenvalue weighted by molar-refractivity contribution is 6.46. The van der Waals surface area contributed by atoms with Crippen LogP contribution in [0.1, 0.15) is 44.4 Å². The van der Waals surface area contributed by atoms with E-state index in [4.69, 9.17) is 27.9 Å². The number of aliphatic hydroxyl groups excluding tert-OH is 1. The standard InChI is InChI=1S/C23H23Cl2NO4/c1-4-11-26-20(15-7-10-17(24)18(25)12-15)19(22(28)23(26)29)21(27)14-5-8-16(9-6-14)30-13(2)3/h5-10,12-13,20,27H,4,11H2,1-3H3/b21-19-. The molecule has 30 heavy (non-hydrogen) atoms. The highest BCUT2D eigenvalue weighted by Gasteiger charge is 2.45.